The number of hydrogen-bond acceptors (Lipinski definition) is 7. The summed E-state index contributed by atoms with van der Waals surface area (Å²) in [6, 6.07) is 12.4. The van der Waals surface area contributed by atoms with E-state index < -0.39 is 12.2 Å². The van der Waals surface area contributed by atoms with Crippen molar-refractivity contribution in [3.8, 4) is 0 Å². The molecule has 0 saturated carbocycles. The van der Waals surface area contributed by atoms with Crippen molar-refractivity contribution in [3.05, 3.63) is 58.9 Å². The van der Waals surface area contributed by atoms with Crippen molar-refractivity contribution in [2.24, 2.45) is 0 Å². The largest absolute Gasteiger partial charge is 0.436 e. The third-order valence-electron chi connectivity index (χ3n) is 11.0. The number of piperidine rings is 2. The Balaban J connectivity index is 1.01. The molecule has 12 heteroatoms. The van der Waals surface area contributed by atoms with Crippen LogP contribution in [0.5, 0.6) is 0 Å². The quantitative estimate of drug-likeness (QED) is 0.407. The van der Waals surface area contributed by atoms with Crippen molar-refractivity contribution >= 4 is 34.8 Å². The van der Waals surface area contributed by atoms with Gasteiger partial charge in [0.2, 0.25) is 0 Å². The van der Waals surface area contributed by atoms with Crippen LogP contribution >= 0.6 is 0 Å². The Bertz CT molecular complexity index is 1670. The van der Waals surface area contributed by atoms with E-state index in [1.807, 2.05) is 54.0 Å². The van der Waals surface area contributed by atoms with Gasteiger partial charge in [-0.1, -0.05) is 24.3 Å². The fraction of sp³-hybridized carbons (Fsp3) is 0.568. The molecule has 2 aromatic carbocycles. The monoisotopic (exact) mass is 670 g/mol. The number of rotatable bonds is 6. The van der Waals surface area contributed by atoms with Gasteiger partial charge in [-0.3, -0.25) is 9.69 Å². The number of aromatic nitrogens is 2. The van der Waals surface area contributed by atoms with Gasteiger partial charge in [-0.15, -0.1) is 0 Å². The fourth-order valence-electron chi connectivity index (χ4n) is 8.14. The number of para-hydroxylation sites is 1. The highest BCUT2D eigenvalue weighted by molar-refractivity contribution is 5.91. The number of imidazole rings is 1. The van der Waals surface area contributed by atoms with E-state index in [1.165, 1.54) is 0 Å². The highest BCUT2D eigenvalue weighted by Gasteiger charge is 2.36. The van der Waals surface area contributed by atoms with Crippen molar-refractivity contribution < 1.29 is 19.1 Å². The average Bonchev–Trinajstić information content (AvgIpc) is 3.40. The summed E-state index contributed by atoms with van der Waals surface area (Å²) in [6.07, 6.45) is 2.86. The molecule has 7 rings (SSSR count). The topological polar surface area (TPSA) is 117 Å². The third-order valence-corrected chi connectivity index (χ3v) is 11.0. The number of anilines is 1. The maximum Gasteiger partial charge on any atom is 0.410 e. The van der Waals surface area contributed by atoms with Crippen LogP contribution in [0.3, 0.4) is 0 Å². The Hall–Kier alpha value is -4.16. The minimum Gasteiger partial charge on any atom is -0.436 e. The van der Waals surface area contributed by atoms with Gasteiger partial charge in [-0.05, 0) is 81.8 Å². The van der Waals surface area contributed by atoms with E-state index >= 15 is 0 Å². The lowest BCUT2D eigenvalue weighted by atomic mass is 9.99. The number of carbonyl (C=O) groups excluding carboxylic acids is 3. The van der Waals surface area contributed by atoms with E-state index in [4.69, 9.17) is 4.74 Å². The Morgan fingerprint density at radius 2 is 1.59 bits per heavy atom. The van der Waals surface area contributed by atoms with E-state index in [2.05, 4.69) is 38.2 Å². The van der Waals surface area contributed by atoms with Crippen LogP contribution in [0.4, 0.5) is 15.3 Å². The van der Waals surface area contributed by atoms with Gasteiger partial charge in [-0.25, -0.2) is 14.6 Å². The van der Waals surface area contributed by atoms with Gasteiger partial charge >= 0.3 is 12.1 Å². The van der Waals surface area contributed by atoms with E-state index in [0.717, 1.165) is 84.7 Å². The number of nitrogens with one attached hydrogen (secondary N) is 2. The van der Waals surface area contributed by atoms with Gasteiger partial charge < -0.3 is 34.6 Å². The maximum absolute atomic E-state index is 14.2. The lowest BCUT2D eigenvalue weighted by molar-refractivity contribution is -0.142. The molecule has 1 unspecified atom stereocenters. The number of nitrogens with zero attached hydrogens (tertiary/aromatic N) is 6. The van der Waals surface area contributed by atoms with Crippen molar-refractivity contribution in [2.75, 3.05) is 71.3 Å². The molecule has 4 amide bonds. The number of aromatic amines is 1. The number of piperazine rings is 1. The number of H-pyrrole nitrogens is 1. The van der Waals surface area contributed by atoms with Crippen LogP contribution in [-0.4, -0.2) is 137 Å². The second-order valence-electron chi connectivity index (χ2n) is 14.4. The van der Waals surface area contributed by atoms with E-state index in [-0.39, 0.29) is 18.0 Å². The van der Waals surface area contributed by atoms with Crippen LogP contribution in [-0.2, 0) is 22.4 Å². The number of amides is 4. The van der Waals surface area contributed by atoms with Crippen LogP contribution in [0, 0.1) is 13.8 Å². The number of likely N-dealkylation sites (N-methyl/N-ethyl adjacent to an activating group) is 1. The number of urea groups is 1. The first kappa shape index (κ1) is 33.3. The van der Waals surface area contributed by atoms with Crippen molar-refractivity contribution in [3.63, 3.8) is 0 Å². The molecule has 12 nitrogen and oxygen atoms in total. The molecular formula is C37H50N8O4. The molecule has 3 fully saturated rings. The van der Waals surface area contributed by atoms with E-state index in [1.54, 1.807) is 4.90 Å². The maximum atomic E-state index is 14.2. The number of hydrogen-bond donors (Lipinski definition) is 2. The van der Waals surface area contributed by atoms with Crippen LogP contribution in [0.25, 0.3) is 11.0 Å². The molecule has 49 heavy (non-hydrogen) atoms. The molecule has 1 aromatic heterocycles. The number of aryl methyl sites for hydroxylation is 2. The number of likely N-dealkylation sites (tertiary alicyclic amines) is 2. The summed E-state index contributed by atoms with van der Waals surface area (Å²) in [7, 11) is 2.17. The molecule has 262 valence electrons. The summed E-state index contributed by atoms with van der Waals surface area (Å²) in [5.41, 5.74) is 5.78. The summed E-state index contributed by atoms with van der Waals surface area (Å²) < 4.78 is 6.15. The highest BCUT2D eigenvalue weighted by Crippen LogP contribution is 2.27. The SMILES string of the molecule is Cc1nc2c(C)cc(CC(OC(=O)N3CCC(N4CCc5ccccc5NC4=O)CC3)C(=O)N3CCC(N4CCN(C)CC4)CC3)cc2[nH]1. The predicted octanol–water partition coefficient (Wildman–Crippen LogP) is 4.02. The smallest absolute Gasteiger partial charge is 0.410 e. The van der Waals surface area contributed by atoms with E-state index in [0.29, 0.717) is 58.0 Å². The molecule has 3 aromatic rings. The Morgan fingerprint density at radius 1 is 0.898 bits per heavy atom. The predicted molar refractivity (Wildman–Crippen MR) is 189 cm³/mol. The first-order valence-electron chi connectivity index (χ1n) is 18.0. The minimum absolute atomic E-state index is 0.0324. The highest BCUT2D eigenvalue weighted by atomic mass is 16.6. The lowest BCUT2D eigenvalue weighted by Crippen LogP contribution is -2.54. The number of fused-ring (bicyclic) bond motifs is 2. The minimum atomic E-state index is -0.929. The normalized spacial score (nSPS) is 21.0. The van der Waals surface area contributed by atoms with E-state index in [9.17, 15) is 14.4 Å². The lowest BCUT2D eigenvalue weighted by Gasteiger charge is -2.42. The Kier molecular flexibility index (Phi) is 9.77. The molecule has 4 aliphatic heterocycles. The molecule has 0 radical (unpaired) electrons. The second-order valence-corrected chi connectivity index (χ2v) is 14.4. The number of ether oxygens (including phenoxy) is 1. The van der Waals surface area contributed by atoms with Gasteiger partial charge in [0.15, 0.2) is 6.10 Å². The third kappa shape index (κ3) is 7.40. The summed E-state index contributed by atoms with van der Waals surface area (Å²) in [6.45, 7) is 11.1. The van der Waals surface area contributed by atoms with Gasteiger partial charge in [0, 0.05) is 83.1 Å². The van der Waals surface area contributed by atoms with Crippen LogP contribution in [0.1, 0.15) is 48.2 Å². The number of carbonyl (C=O) groups is 3. The van der Waals surface area contributed by atoms with Crippen molar-refractivity contribution in [1.82, 2.24) is 34.5 Å². The van der Waals surface area contributed by atoms with Gasteiger partial charge in [0.25, 0.3) is 5.91 Å². The van der Waals surface area contributed by atoms with Gasteiger partial charge in [-0.2, -0.15) is 0 Å². The Labute approximate surface area is 288 Å². The van der Waals surface area contributed by atoms with Crippen molar-refractivity contribution in [2.45, 2.75) is 70.6 Å². The fourth-order valence-corrected chi connectivity index (χ4v) is 8.14. The zero-order valence-electron chi connectivity index (χ0n) is 29.1. The second kappa shape index (κ2) is 14.4. The van der Waals surface area contributed by atoms with Crippen LogP contribution in [0.2, 0.25) is 0 Å². The summed E-state index contributed by atoms with van der Waals surface area (Å²) in [4.78, 5) is 59.4. The molecule has 0 aliphatic carbocycles. The molecule has 0 spiro atoms. The first-order chi connectivity index (χ1) is 23.7. The standard InChI is InChI=1S/C37H50N8O4/c1-25-22-27(23-32-34(25)39-26(2)38-32)24-33(35(46)43-13-9-29(10-14-43)42-20-18-41(3)19-21-42)49-37(48)44-15-11-30(12-16-44)45-17-8-28-6-4-5-7-31(28)40-36(45)47/h4-7,22-23,29-30,33H,8-21,24H2,1-3H3,(H,38,39)(H,40,47). The molecule has 2 N–H and O–H groups in total. The average molecular weight is 671 g/mol. The molecule has 4 aliphatic rings. The zero-order chi connectivity index (χ0) is 34.1. The van der Waals surface area contributed by atoms with Crippen molar-refractivity contribution in [1.29, 1.82) is 0 Å². The first-order valence-corrected chi connectivity index (χ1v) is 18.0. The van der Waals surface area contributed by atoms with Crippen LogP contribution < -0.4 is 5.32 Å². The van der Waals surface area contributed by atoms with Gasteiger partial charge in [0.05, 0.1) is 11.0 Å². The summed E-state index contributed by atoms with van der Waals surface area (Å²) in [5.74, 6) is 0.711. The Morgan fingerprint density at radius 3 is 2.35 bits per heavy atom. The molecule has 1 atom stereocenters. The molecule has 0 bridgehead atoms. The molecule has 3 saturated heterocycles. The summed E-state index contributed by atoms with van der Waals surface area (Å²) in [5, 5.41) is 3.06. The molecular weight excluding hydrogens is 620 g/mol. The number of benzene rings is 2. The zero-order valence-corrected chi connectivity index (χ0v) is 29.1. The van der Waals surface area contributed by atoms with Crippen LogP contribution in [0.15, 0.2) is 36.4 Å². The van der Waals surface area contributed by atoms with Gasteiger partial charge in [0.1, 0.15) is 5.82 Å². The summed E-state index contributed by atoms with van der Waals surface area (Å²) >= 11 is 0. The molecule has 5 heterocycles.